The molecular formula is C12H17BrN2O. The number of rotatable bonds is 4. The molecule has 1 heterocycles. The minimum Gasteiger partial charge on any atom is -0.366 e. The number of carbonyl (C=O) groups excluding carboxylic acids is 1. The molecule has 1 aromatic rings. The van der Waals surface area contributed by atoms with Crippen LogP contribution in [0, 0.1) is 6.92 Å². The van der Waals surface area contributed by atoms with Crippen LogP contribution in [-0.4, -0.2) is 10.5 Å². The molecule has 4 heteroatoms. The van der Waals surface area contributed by atoms with Gasteiger partial charge >= 0.3 is 0 Å². The smallest absolute Gasteiger partial charge is 0.251 e. The van der Waals surface area contributed by atoms with Gasteiger partial charge in [0.05, 0.1) is 10.0 Å². The van der Waals surface area contributed by atoms with Crippen molar-refractivity contribution in [3.05, 3.63) is 34.1 Å². The monoisotopic (exact) mass is 284 g/mol. The third-order valence-corrected chi connectivity index (χ3v) is 3.41. The zero-order chi connectivity index (χ0) is 12.5. The first-order valence-corrected chi connectivity index (χ1v) is 6.00. The van der Waals surface area contributed by atoms with E-state index in [9.17, 15) is 4.79 Å². The molecule has 88 valence electrons. The summed E-state index contributed by atoms with van der Waals surface area (Å²) in [6.07, 6.45) is 1.82. The van der Waals surface area contributed by atoms with Gasteiger partial charge in [-0.2, -0.15) is 0 Å². The Morgan fingerprint density at radius 3 is 2.56 bits per heavy atom. The molecular weight excluding hydrogens is 268 g/mol. The van der Waals surface area contributed by atoms with E-state index in [1.807, 2.05) is 13.0 Å². The normalized spacial score (nSPS) is 10.8. The third kappa shape index (κ3) is 2.07. The van der Waals surface area contributed by atoms with Crippen molar-refractivity contribution in [1.82, 2.24) is 4.57 Å². The molecule has 2 N–H and O–H groups in total. The molecule has 0 aliphatic rings. The van der Waals surface area contributed by atoms with Gasteiger partial charge in [-0.1, -0.05) is 19.9 Å². The minimum atomic E-state index is -0.394. The number of carbonyl (C=O) groups is 1. The van der Waals surface area contributed by atoms with E-state index in [0.29, 0.717) is 18.0 Å². The molecule has 1 rings (SSSR count). The summed E-state index contributed by atoms with van der Waals surface area (Å²) in [5.74, 6) is -0.0739. The summed E-state index contributed by atoms with van der Waals surface area (Å²) >= 11 is 3.47. The Morgan fingerprint density at radius 1 is 1.62 bits per heavy atom. The standard InChI is InChI=1S/C12H17BrN2O/c1-5-6-15-8(4)9(12(14)16)10(13)11(15)7(2)3/h5,7H,1,6H2,2-4H3,(H2,14,16). The summed E-state index contributed by atoms with van der Waals surface area (Å²) in [4.78, 5) is 11.4. The SMILES string of the molecule is C=CCn1c(C)c(C(N)=O)c(Br)c1C(C)C. The Labute approximate surface area is 104 Å². The Balaban J connectivity index is 3.52. The number of primary amides is 1. The van der Waals surface area contributed by atoms with Gasteiger partial charge in [0.25, 0.3) is 5.91 Å². The number of aromatic nitrogens is 1. The maximum Gasteiger partial charge on any atom is 0.251 e. The topological polar surface area (TPSA) is 48.0 Å². The molecule has 0 unspecified atom stereocenters. The fraction of sp³-hybridized carbons (Fsp3) is 0.417. The summed E-state index contributed by atoms with van der Waals surface area (Å²) in [7, 11) is 0. The van der Waals surface area contributed by atoms with Crippen molar-refractivity contribution in [2.45, 2.75) is 33.2 Å². The van der Waals surface area contributed by atoms with Gasteiger partial charge < -0.3 is 10.3 Å². The molecule has 0 atom stereocenters. The molecule has 16 heavy (non-hydrogen) atoms. The van der Waals surface area contributed by atoms with Gasteiger partial charge in [-0.05, 0) is 28.8 Å². The molecule has 0 aliphatic heterocycles. The maximum absolute atomic E-state index is 11.4. The number of halogens is 1. The number of allylic oxidation sites excluding steroid dienone is 1. The fourth-order valence-electron chi connectivity index (χ4n) is 1.94. The molecule has 0 aliphatic carbocycles. The molecule has 0 radical (unpaired) electrons. The average Bonchev–Trinajstić information content (AvgIpc) is 2.39. The van der Waals surface area contributed by atoms with Crippen LogP contribution in [0.2, 0.25) is 0 Å². The quantitative estimate of drug-likeness (QED) is 0.849. The first-order valence-electron chi connectivity index (χ1n) is 5.21. The lowest BCUT2D eigenvalue weighted by Crippen LogP contribution is -2.13. The highest BCUT2D eigenvalue weighted by atomic mass is 79.9. The third-order valence-electron chi connectivity index (χ3n) is 2.61. The maximum atomic E-state index is 11.4. The first kappa shape index (κ1) is 13.0. The Hall–Kier alpha value is -1.03. The van der Waals surface area contributed by atoms with Crippen molar-refractivity contribution in [2.24, 2.45) is 5.73 Å². The van der Waals surface area contributed by atoms with Crippen molar-refractivity contribution in [1.29, 1.82) is 0 Å². The lowest BCUT2D eigenvalue weighted by Gasteiger charge is -2.12. The fourth-order valence-corrected chi connectivity index (χ4v) is 3.09. The van der Waals surface area contributed by atoms with Crippen molar-refractivity contribution in [2.75, 3.05) is 0 Å². The summed E-state index contributed by atoms with van der Waals surface area (Å²) < 4.78 is 2.89. The van der Waals surface area contributed by atoms with Crippen LogP contribution in [0.1, 0.15) is 41.5 Å². The molecule has 0 saturated carbocycles. The number of amides is 1. The van der Waals surface area contributed by atoms with Crippen LogP contribution < -0.4 is 5.73 Å². The predicted octanol–water partition coefficient (Wildman–Crippen LogP) is 2.97. The van der Waals surface area contributed by atoms with Crippen LogP contribution in [0.3, 0.4) is 0 Å². The van der Waals surface area contributed by atoms with Crippen LogP contribution in [0.25, 0.3) is 0 Å². The second-order valence-corrected chi connectivity index (χ2v) is 4.87. The van der Waals surface area contributed by atoms with E-state index in [0.717, 1.165) is 15.9 Å². The molecule has 0 saturated heterocycles. The Morgan fingerprint density at radius 2 is 2.19 bits per heavy atom. The van der Waals surface area contributed by atoms with E-state index in [-0.39, 0.29) is 0 Å². The first-order chi connectivity index (χ1) is 7.41. The second kappa shape index (κ2) is 4.87. The van der Waals surface area contributed by atoms with E-state index in [1.165, 1.54) is 0 Å². The van der Waals surface area contributed by atoms with E-state index in [2.05, 4.69) is 40.9 Å². The number of nitrogens with two attached hydrogens (primary N) is 1. The van der Waals surface area contributed by atoms with Crippen LogP contribution >= 0.6 is 15.9 Å². The summed E-state index contributed by atoms with van der Waals surface area (Å²) in [6.45, 7) is 10.5. The lowest BCUT2D eigenvalue weighted by atomic mass is 10.1. The summed E-state index contributed by atoms with van der Waals surface area (Å²) in [5.41, 5.74) is 7.94. The van der Waals surface area contributed by atoms with E-state index in [4.69, 9.17) is 5.73 Å². The van der Waals surface area contributed by atoms with Gasteiger partial charge in [-0.25, -0.2) is 0 Å². The number of hydrogen-bond donors (Lipinski definition) is 1. The number of hydrogen-bond acceptors (Lipinski definition) is 1. The molecule has 0 aromatic carbocycles. The van der Waals surface area contributed by atoms with Gasteiger partial charge in [-0.3, -0.25) is 4.79 Å². The zero-order valence-electron chi connectivity index (χ0n) is 9.88. The number of nitrogens with zero attached hydrogens (tertiary/aromatic N) is 1. The molecule has 1 amide bonds. The van der Waals surface area contributed by atoms with Gasteiger partial charge in [0.1, 0.15) is 0 Å². The van der Waals surface area contributed by atoms with Crippen LogP contribution in [0.15, 0.2) is 17.1 Å². The van der Waals surface area contributed by atoms with Crippen molar-refractivity contribution in [3.8, 4) is 0 Å². The summed E-state index contributed by atoms with van der Waals surface area (Å²) in [5, 5.41) is 0. The van der Waals surface area contributed by atoms with Gasteiger partial charge in [0, 0.05) is 17.9 Å². The Kier molecular flexibility index (Phi) is 3.97. The average molecular weight is 285 g/mol. The van der Waals surface area contributed by atoms with E-state index < -0.39 is 5.91 Å². The largest absolute Gasteiger partial charge is 0.366 e. The molecule has 0 fully saturated rings. The van der Waals surface area contributed by atoms with E-state index in [1.54, 1.807) is 0 Å². The second-order valence-electron chi connectivity index (χ2n) is 4.08. The molecule has 0 spiro atoms. The predicted molar refractivity (Wildman–Crippen MR) is 69.7 cm³/mol. The van der Waals surface area contributed by atoms with Crippen molar-refractivity contribution < 1.29 is 4.79 Å². The van der Waals surface area contributed by atoms with E-state index >= 15 is 0 Å². The molecule has 3 nitrogen and oxygen atoms in total. The molecule has 1 aromatic heterocycles. The van der Waals surface area contributed by atoms with Crippen molar-refractivity contribution in [3.63, 3.8) is 0 Å². The van der Waals surface area contributed by atoms with Crippen LogP contribution in [-0.2, 0) is 6.54 Å². The van der Waals surface area contributed by atoms with Gasteiger partial charge in [-0.15, -0.1) is 6.58 Å². The molecule has 0 bridgehead atoms. The van der Waals surface area contributed by atoms with Gasteiger partial charge in [0.15, 0.2) is 0 Å². The van der Waals surface area contributed by atoms with Crippen LogP contribution in [0.4, 0.5) is 0 Å². The van der Waals surface area contributed by atoms with Crippen LogP contribution in [0.5, 0.6) is 0 Å². The minimum absolute atomic E-state index is 0.320. The van der Waals surface area contributed by atoms with Crippen molar-refractivity contribution >= 4 is 21.8 Å². The lowest BCUT2D eigenvalue weighted by molar-refractivity contribution is 0.0999. The highest BCUT2D eigenvalue weighted by Gasteiger charge is 2.22. The summed E-state index contributed by atoms with van der Waals surface area (Å²) in [6, 6.07) is 0. The van der Waals surface area contributed by atoms with Gasteiger partial charge in [0.2, 0.25) is 0 Å². The zero-order valence-corrected chi connectivity index (χ0v) is 11.5. The highest BCUT2D eigenvalue weighted by Crippen LogP contribution is 2.33. The Bertz CT molecular complexity index is 433. The highest BCUT2D eigenvalue weighted by molar-refractivity contribution is 9.10.